The first-order valence-electron chi connectivity index (χ1n) is 25.8. The van der Waals surface area contributed by atoms with Crippen molar-refractivity contribution in [3.8, 4) is 17.9 Å². The minimum absolute atomic E-state index is 0.00679. The Bertz CT molecular complexity index is 2730. The van der Waals surface area contributed by atoms with Crippen LogP contribution in [0.1, 0.15) is 94.1 Å². The van der Waals surface area contributed by atoms with Crippen LogP contribution >= 0.6 is 0 Å². The number of amides is 7. The Morgan fingerprint density at radius 2 is 1.69 bits per heavy atom. The number of aromatic amines is 1. The van der Waals surface area contributed by atoms with E-state index in [1.54, 1.807) is 47.4 Å². The number of fused-ring (bicyclic) bond motifs is 1. The predicted octanol–water partition coefficient (Wildman–Crippen LogP) is 3.94. The van der Waals surface area contributed by atoms with Crippen LogP contribution in [-0.4, -0.2) is 133 Å². The van der Waals surface area contributed by atoms with Crippen molar-refractivity contribution in [2.75, 3.05) is 51.8 Å². The summed E-state index contributed by atoms with van der Waals surface area (Å²) < 4.78 is 11.3. The molecule has 1 aliphatic carbocycles. The fourth-order valence-corrected chi connectivity index (χ4v) is 10.7. The Morgan fingerprint density at radius 3 is 2.35 bits per heavy atom. The zero-order valence-corrected chi connectivity index (χ0v) is 42.5. The maximum absolute atomic E-state index is 14.0. The Labute approximate surface area is 430 Å². The number of benzene rings is 2. The van der Waals surface area contributed by atoms with E-state index in [9.17, 15) is 44.1 Å². The molecule has 2 aromatic carbocycles. The van der Waals surface area contributed by atoms with Gasteiger partial charge in [0.15, 0.2) is 0 Å². The van der Waals surface area contributed by atoms with Gasteiger partial charge in [0, 0.05) is 73.7 Å². The number of likely N-dealkylation sites (tertiary alicyclic amines) is 2. The Kier molecular flexibility index (Phi) is 16.6. The Morgan fingerprint density at radius 1 is 0.932 bits per heavy atom. The molecular weight excluding hydrogens is 947 g/mol. The van der Waals surface area contributed by atoms with Crippen LogP contribution in [0.2, 0.25) is 0 Å². The molecule has 0 bridgehead atoms. The molecule has 6 N–H and O–H groups in total. The first kappa shape index (κ1) is 52.9. The largest absolute Gasteiger partial charge is 0.496 e. The van der Waals surface area contributed by atoms with Gasteiger partial charge in [-0.2, -0.15) is 10.5 Å². The molecule has 4 aliphatic heterocycles. The lowest BCUT2D eigenvalue weighted by Crippen LogP contribution is -2.50. The molecule has 3 aromatic rings. The van der Waals surface area contributed by atoms with Crippen LogP contribution in [0.4, 0.5) is 10.5 Å². The van der Waals surface area contributed by atoms with Crippen LogP contribution in [0, 0.1) is 45.8 Å². The number of hydrogen-bond acceptors (Lipinski definition) is 12. The number of carbonyl (C=O) groups excluding carboxylic acids is 7. The molecule has 1 saturated carbocycles. The highest BCUT2D eigenvalue weighted by molar-refractivity contribution is 6.02. The van der Waals surface area contributed by atoms with Crippen LogP contribution in [0.3, 0.4) is 0 Å². The molecule has 6 atom stereocenters. The number of anilines is 1. The van der Waals surface area contributed by atoms with Crippen molar-refractivity contribution in [3.63, 3.8) is 0 Å². The third kappa shape index (κ3) is 12.7. The second-order valence-corrected chi connectivity index (χ2v) is 21.1. The number of nitrogens with zero attached hydrogens (tertiary/aromatic N) is 5. The molecule has 4 saturated heterocycles. The molecule has 5 fully saturated rings. The molecule has 20 nitrogen and oxygen atoms in total. The fraction of sp³-hybridized carbons (Fsp3) is 0.537. The van der Waals surface area contributed by atoms with E-state index in [-0.39, 0.29) is 66.3 Å². The molecule has 20 heteroatoms. The van der Waals surface area contributed by atoms with Crippen molar-refractivity contribution in [2.24, 2.45) is 23.2 Å². The fourth-order valence-electron chi connectivity index (χ4n) is 10.7. The van der Waals surface area contributed by atoms with Crippen LogP contribution in [-0.2, 0) is 35.3 Å². The van der Waals surface area contributed by atoms with Crippen molar-refractivity contribution in [1.82, 2.24) is 41.4 Å². The summed E-state index contributed by atoms with van der Waals surface area (Å²) in [6.07, 6.45) is 5.98. The van der Waals surface area contributed by atoms with Crippen molar-refractivity contribution >= 4 is 58.1 Å². The van der Waals surface area contributed by atoms with Gasteiger partial charge >= 0.3 is 6.09 Å². The number of aromatic nitrogens is 1. The minimum Gasteiger partial charge on any atom is -0.496 e. The normalized spacial score (nSPS) is 21.9. The smallest absolute Gasteiger partial charge is 0.410 e. The average Bonchev–Trinajstić information content (AvgIpc) is 3.73. The Balaban J connectivity index is 0.853. The number of methoxy groups -OCH3 is 1. The summed E-state index contributed by atoms with van der Waals surface area (Å²) in [6, 6.07) is 14.5. The molecule has 392 valence electrons. The molecule has 1 spiro atoms. The molecule has 1 aromatic heterocycles. The SMILES string of the molecule is COc1cccc2[nH]c(C(=O)NC(CC(C)C)C(=O)NC(/C=C(/C#N)C(=O)NCc3ccc(N4CC[C@@H](C[C@@H](C#N)NC(=O)[C@@H]5CC6(CC6)CN5C(=O)OC5CCN(C)CC5)C4=O)cc3)CC3CCNC3=O)cc12. The van der Waals surface area contributed by atoms with E-state index in [1.165, 1.54) is 18.1 Å². The highest BCUT2D eigenvalue weighted by atomic mass is 16.6. The molecule has 5 heterocycles. The molecule has 0 radical (unpaired) electrons. The number of ether oxygens (including phenoxy) is 2. The Hall–Kier alpha value is -7.45. The zero-order chi connectivity index (χ0) is 52.7. The van der Waals surface area contributed by atoms with Crippen molar-refractivity contribution in [2.45, 2.75) is 115 Å². The number of hydrogen-bond donors (Lipinski definition) is 6. The van der Waals surface area contributed by atoms with E-state index < -0.39 is 65.7 Å². The van der Waals surface area contributed by atoms with Crippen LogP contribution in [0.15, 0.2) is 60.2 Å². The second kappa shape index (κ2) is 23.2. The highest BCUT2D eigenvalue weighted by Crippen LogP contribution is 2.55. The molecule has 74 heavy (non-hydrogen) atoms. The number of H-pyrrole nitrogens is 1. The lowest BCUT2D eigenvalue weighted by atomic mass is 9.95. The van der Waals surface area contributed by atoms with E-state index in [4.69, 9.17) is 9.47 Å². The van der Waals surface area contributed by atoms with Gasteiger partial charge in [0.1, 0.15) is 47.3 Å². The van der Waals surface area contributed by atoms with Crippen LogP contribution in [0.25, 0.3) is 10.9 Å². The summed E-state index contributed by atoms with van der Waals surface area (Å²) in [7, 11) is 3.57. The van der Waals surface area contributed by atoms with Gasteiger partial charge in [-0.25, -0.2) is 4.79 Å². The van der Waals surface area contributed by atoms with Gasteiger partial charge in [-0.1, -0.05) is 32.0 Å². The van der Waals surface area contributed by atoms with E-state index in [0.29, 0.717) is 66.8 Å². The van der Waals surface area contributed by atoms with E-state index in [1.807, 2.05) is 33.0 Å². The average molecular weight is 1010 g/mol. The van der Waals surface area contributed by atoms with Gasteiger partial charge < -0.3 is 50.8 Å². The third-order valence-corrected chi connectivity index (χ3v) is 15.1. The van der Waals surface area contributed by atoms with Crippen molar-refractivity contribution in [1.29, 1.82) is 10.5 Å². The number of piperidine rings is 1. The molecule has 8 rings (SSSR count). The molecule has 5 aliphatic rings. The van der Waals surface area contributed by atoms with Gasteiger partial charge in [-0.15, -0.1) is 0 Å². The van der Waals surface area contributed by atoms with Crippen LogP contribution in [0.5, 0.6) is 5.75 Å². The lowest BCUT2D eigenvalue weighted by Gasteiger charge is -2.31. The van der Waals surface area contributed by atoms with Gasteiger partial charge in [0.2, 0.25) is 23.6 Å². The number of carbonyl (C=O) groups is 7. The quantitative estimate of drug-likeness (QED) is 0.0737. The van der Waals surface area contributed by atoms with Crippen molar-refractivity contribution in [3.05, 3.63) is 71.4 Å². The van der Waals surface area contributed by atoms with Gasteiger partial charge in [-0.05, 0) is 125 Å². The summed E-state index contributed by atoms with van der Waals surface area (Å²) >= 11 is 0. The number of nitrogens with one attached hydrogen (secondary N) is 6. The summed E-state index contributed by atoms with van der Waals surface area (Å²) in [4.78, 5) is 103. The van der Waals surface area contributed by atoms with Gasteiger partial charge in [0.25, 0.3) is 11.8 Å². The monoisotopic (exact) mass is 1010 g/mol. The van der Waals surface area contributed by atoms with Crippen LogP contribution < -0.4 is 36.2 Å². The standard InChI is InChI=1S/C54H67N11O9/c1-32(2)22-43(62-50(69)44-26-41-42(61-44)6-5-7-46(41)73-4)49(68)59-37(23-34-12-18-57-47(34)66)25-36(28-55)48(67)58-30-33-8-10-39(11-9-33)64-21-13-35(52(64)71)24-38(29-56)60-51(70)45-27-54(16-17-54)31-65(45)53(72)74-40-14-19-63(3)20-15-40/h5-11,25-26,32,34-35,37-38,40,43,45,61H,12-24,27,30-31H2,1-4H3,(H,57,66)(H,58,67)(H,59,68)(H,60,70)(H,62,69)/b36-25-/t34?,35-,37?,38-,43?,45-/m0/s1. The minimum atomic E-state index is -0.993. The number of nitriles is 2. The molecule has 3 unspecified atom stereocenters. The first-order chi connectivity index (χ1) is 35.5. The molecule has 7 amide bonds. The van der Waals surface area contributed by atoms with Gasteiger partial charge in [-0.3, -0.25) is 33.7 Å². The second-order valence-electron chi connectivity index (χ2n) is 21.1. The van der Waals surface area contributed by atoms with Crippen molar-refractivity contribution < 1.29 is 43.0 Å². The summed E-state index contributed by atoms with van der Waals surface area (Å²) in [5.74, 6) is -2.99. The maximum Gasteiger partial charge on any atom is 0.410 e. The highest BCUT2D eigenvalue weighted by Gasteiger charge is 2.56. The summed E-state index contributed by atoms with van der Waals surface area (Å²) in [5.41, 5.74) is 1.84. The molecular formula is C54H67N11O9. The summed E-state index contributed by atoms with van der Waals surface area (Å²) in [6.45, 7) is 6.82. The predicted molar refractivity (Wildman–Crippen MR) is 272 cm³/mol. The zero-order valence-electron chi connectivity index (χ0n) is 42.5. The summed E-state index contributed by atoms with van der Waals surface area (Å²) in [5, 5.41) is 35.2. The van der Waals surface area contributed by atoms with E-state index >= 15 is 0 Å². The third-order valence-electron chi connectivity index (χ3n) is 15.1. The van der Waals surface area contributed by atoms with E-state index in [0.717, 1.165) is 38.8 Å². The number of rotatable bonds is 19. The van der Waals surface area contributed by atoms with Gasteiger partial charge in [0.05, 0.1) is 13.2 Å². The van der Waals surface area contributed by atoms with E-state index in [2.05, 4.69) is 42.5 Å². The topological polar surface area (TPSA) is 271 Å². The maximum atomic E-state index is 14.0. The first-order valence-corrected chi connectivity index (χ1v) is 25.8. The lowest BCUT2D eigenvalue weighted by molar-refractivity contribution is -0.126.